The molecule has 2 heterocycles. The van der Waals surface area contributed by atoms with Crippen molar-refractivity contribution in [3.63, 3.8) is 0 Å². The molecule has 1 aliphatic rings. The van der Waals surface area contributed by atoms with Crippen LogP contribution in [0.4, 0.5) is 22.8 Å². The van der Waals surface area contributed by atoms with E-state index in [0.717, 1.165) is 6.20 Å². The molecule has 14 heteroatoms. The van der Waals surface area contributed by atoms with Gasteiger partial charge in [-0.1, -0.05) is 24.3 Å². The van der Waals surface area contributed by atoms with Crippen molar-refractivity contribution in [2.45, 2.75) is 90.1 Å². The van der Waals surface area contributed by atoms with Crippen molar-refractivity contribution in [1.82, 2.24) is 15.2 Å². The van der Waals surface area contributed by atoms with E-state index < -0.39 is 64.7 Å². The van der Waals surface area contributed by atoms with Crippen molar-refractivity contribution < 1.29 is 51.4 Å². The first-order valence-corrected chi connectivity index (χ1v) is 16.6. The quantitative estimate of drug-likeness (QED) is 0.254. The van der Waals surface area contributed by atoms with Gasteiger partial charge in [-0.2, -0.15) is 9.59 Å². The summed E-state index contributed by atoms with van der Waals surface area (Å²) in [5.74, 6) is -3.02. The molecular formula is C38H44F3N3O8. The number of Topliss-reactive ketones (excluding diaryl/α,β-unsaturated/α-hetero) is 1. The SMILES string of the molecule is CC(C)(C)OC(=O)N[C@H](C(=O)Cc1cncc(F)c1CC[C@@H]1CN(C(=O)OC(C)(C)C)CCO1)C(c1ccc(F)cc1)c1ccc(F)cc1.O=C=O. The third-order valence-corrected chi connectivity index (χ3v) is 7.78. The van der Waals surface area contributed by atoms with Crippen LogP contribution < -0.4 is 5.32 Å². The van der Waals surface area contributed by atoms with E-state index in [-0.39, 0.29) is 31.1 Å². The average molecular weight is 728 g/mol. The lowest BCUT2D eigenvalue weighted by atomic mass is 9.81. The zero-order chi connectivity index (χ0) is 38.6. The van der Waals surface area contributed by atoms with E-state index in [1.165, 1.54) is 54.7 Å². The second kappa shape index (κ2) is 18.4. The third kappa shape index (κ3) is 12.9. The summed E-state index contributed by atoms with van der Waals surface area (Å²) in [5, 5.41) is 2.69. The minimum absolute atomic E-state index is 0.174. The monoisotopic (exact) mass is 727 g/mol. The summed E-state index contributed by atoms with van der Waals surface area (Å²) in [6, 6.07) is 9.58. The molecule has 11 nitrogen and oxygen atoms in total. The molecule has 0 radical (unpaired) electrons. The third-order valence-electron chi connectivity index (χ3n) is 7.78. The molecule has 0 unspecified atom stereocenters. The molecule has 1 N–H and O–H groups in total. The van der Waals surface area contributed by atoms with Gasteiger partial charge < -0.3 is 24.4 Å². The lowest BCUT2D eigenvalue weighted by Gasteiger charge is -2.34. The molecule has 1 aliphatic heterocycles. The molecule has 2 atom stereocenters. The van der Waals surface area contributed by atoms with E-state index in [0.29, 0.717) is 36.3 Å². The first kappa shape index (κ1) is 41.4. The number of benzene rings is 2. The molecule has 0 bridgehead atoms. The van der Waals surface area contributed by atoms with Gasteiger partial charge in [0.25, 0.3) is 0 Å². The van der Waals surface area contributed by atoms with Gasteiger partial charge in [-0.15, -0.1) is 0 Å². The zero-order valence-electron chi connectivity index (χ0n) is 30.0. The van der Waals surface area contributed by atoms with E-state index in [4.69, 9.17) is 23.8 Å². The van der Waals surface area contributed by atoms with Gasteiger partial charge in [0.2, 0.25) is 0 Å². The predicted molar refractivity (Wildman–Crippen MR) is 182 cm³/mol. The van der Waals surface area contributed by atoms with Crippen molar-refractivity contribution in [3.8, 4) is 0 Å². The van der Waals surface area contributed by atoms with Gasteiger partial charge in [-0.05, 0) is 101 Å². The van der Waals surface area contributed by atoms with Crippen LogP contribution in [0.5, 0.6) is 0 Å². The van der Waals surface area contributed by atoms with Gasteiger partial charge in [-0.25, -0.2) is 22.8 Å². The largest absolute Gasteiger partial charge is 0.444 e. The molecule has 0 spiro atoms. The van der Waals surface area contributed by atoms with Crippen molar-refractivity contribution in [2.75, 3.05) is 19.7 Å². The Morgan fingerprint density at radius 2 is 1.44 bits per heavy atom. The number of hydrogen-bond donors (Lipinski definition) is 1. The Kier molecular flexibility index (Phi) is 14.7. The number of morpholine rings is 1. The summed E-state index contributed by atoms with van der Waals surface area (Å²) >= 11 is 0. The minimum Gasteiger partial charge on any atom is -0.444 e. The summed E-state index contributed by atoms with van der Waals surface area (Å²) in [6.07, 6.45) is 1.18. The second-order valence-electron chi connectivity index (χ2n) is 14.1. The molecule has 1 aromatic heterocycles. The van der Waals surface area contributed by atoms with Gasteiger partial charge in [0.05, 0.1) is 25.5 Å². The molecule has 0 saturated carbocycles. The Morgan fingerprint density at radius 1 is 0.904 bits per heavy atom. The van der Waals surface area contributed by atoms with Crippen LogP contribution in [0.1, 0.15) is 76.1 Å². The maximum absolute atomic E-state index is 15.3. The van der Waals surface area contributed by atoms with E-state index in [9.17, 15) is 23.2 Å². The summed E-state index contributed by atoms with van der Waals surface area (Å²) in [5.41, 5.74) is -0.0447. The molecule has 4 rings (SSSR count). The Bertz CT molecular complexity index is 1650. The number of alkyl carbamates (subject to hydrolysis) is 1. The number of aromatic nitrogens is 1. The Labute approximate surface area is 300 Å². The summed E-state index contributed by atoms with van der Waals surface area (Å²) in [7, 11) is 0. The van der Waals surface area contributed by atoms with E-state index in [2.05, 4.69) is 10.3 Å². The van der Waals surface area contributed by atoms with Gasteiger partial charge in [0, 0.05) is 25.1 Å². The molecular weight excluding hydrogens is 683 g/mol. The molecule has 1 saturated heterocycles. The second-order valence-corrected chi connectivity index (χ2v) is 14.1. The topological polar surface area (TPSA) is 141 Å². The van der Waals surface area contributed by atoms with E-state index >= 15 is 4.39 Å². The lowest BCUT2D eigenvalue weighted by Crippen LogP contribution is -2.48. The maximum atomic E-state index is 15.3. The van der Waals surface area contributed by atoms with Crippen LogP contribution in [-0.4, -0.2) is 77.0 Å². The van der Waals surface area contributed by atoms with Crippen molar-refractivity contribution >= 4 is 24.1 Å². The molecule has 0 aliphatic carbocycles. The molecule has 280 valence electrons. The van der Waals surface area contributed by atoms with Gasteiger partial charge in [0.15, 0.2) is 5.78 Å². The minimum atomic E-state index is -1.29. The normalized spacial score (nSPS) is 15.1. The molecule has 1 fully saturated rings. The van der Waals surface area contributed by atoms with Crippen molar-refractivity contribution in [2.24, 2.45) is 0 Å². The number of ether oxygens (including phenoxy) is 3. The van der Waals surface area contributed by atoms with Crippen LogP contribution >= 0.6 is 0 Å². The number of nitrogens with one attached hydrogen (secondary N) is 1. The Balaban J connectivity index is 0.00000235. The van der Waals surface area contributed by atoms with Crippen molar-refractivity contribution in [1.29, 1.82) is 0 Å². The number of ketones is 1. The van der Waals surface area contributed by atoms with Gasteiger partial charge >= 0.3 is 18.3 Å². The summed E-state index contributed by atoms with van der Waals surface area (Å²) < 4.78 is 60.2. The highest BCUT2D eigenvalue weighted by Gasteiger charge is 2.35. The Hall–Kier alpha value is -5.07. The maximum Gasteiger partial charge on any atom is 0.410 e. The lowest BCUT2D eigenvalue weighted by molar-refractivity contribution is -0.191. The van der Waals surface area contributed by atoms with E-state index in [1.807, 2.05) is 0 Å². The fourth-order valence-electron chi connectivity index (χ4n) is 5.63. The molecule has 2 amide bonds. The molecule has 2 aromatic carbocycles. The van der Waals surface area contributed by atoms with Gasteiger partial charge in [-0.3, -0.25) is 9.78 Å². The van der Waals surface area contributed by atoms with Crippen LogP contribution in [0.2, 0.25) is 0 Å². The van der Waals surface area contributed by atoms with Crippen LogP contribution in [0.15, 0.2) is 60.9 Å². The number of carbonyl (C=O) groups excluding carboxylic acids is 5. The Morgan fingerprint density at radius 3 is 1.96 bits per heavy atom. The van der Waals surface area contributed by atoms with Crippen LogP contribution in [0, 0.1) is 17.5 Å². The standard InChI is InChI=1S/C37H44F3N3O6.CO2/c1-36(2,3)48-34(45)42-33(32(23-7-11-26(38)12-8-23)24-9-13-27(39)14-10-24)31(44)19-25-20-41-21-30(40)29(25)16-15-28-22-43(17-18-47-28)35(46)49-37(4,5)6;2-1-3/h7-14,20-21,28,32-33H,15-19,22H2,1-6H3,(H,42,45);/t28-,33-;/m1./s1. The predicted octanol–water partition coefficient (Wildman–Crippen LogP) is 6.32. The van der Waals surface area contributed by atoms with Crippen LogP contribution in [0.25, 0.3) is 0 Å². The number of carbonyl (C=O) groups is 3. The summed E-state index contributed by atoms with van der Waals surface area (Å²) in [6.45, 7) is 11.3. The highest BCUT2D eigenvalue weighted by molar-refractivity contribution is 5.91. The number of amides is 2. The average Bonchev–Trinajstić information content (AvgIpc) is 3.04. The smallest absolute Gasteiger partial charge is 0.410 e. The summed E-state index contributed by atoms with van der Waals surface area (Å²) in [4.78, 5) is 61.8. The number of hydrogen-bond acceptors (Lipinski definition) is 9. The molecule has 52 heavy (non-hydrogen) atoms. The highest BCUT2D eigenvalue weighted by atomic mass is 19.1. The number of rotatable bonds is 10. The highest BCUT2D eigenvalue weighted by Crippen LogP contribution is 2.31. The zero-order valence-corrected chi connectivity index (χ0v) is 30.0. The van der Waals surface area contributed by atoms with Crippen LogP contribution in [0.3, 0.4) is 0 Å². The number of halogens is 3. The fourth-order valence-corrected chi connectivity index (χ4v) is 5.63. The van der Waals surface area contributed by atoms with Gasteiger partial charge in [0.1, 0.15) is 34.7 Å². The number of nitrogens with zero attached hydrogens (tertiary/aromatic N) is 2. The number of pyridine rings is 1. The first-order valence-electron chi connectivity index (χ1n) is 16.6. The fraction of sp³-hybridized carbons (Fsp3) is 0.447. The van der Waals surface area contributed by atoms with E-state index in [1.54, 1.807) is 46.4 Å². The van der Waals surface area contributed by atoms with Crippen LogP contribution in [-0.2, 0) is 41.4 Å². The molecule has 3 aromatic rings. The van der Waals surface area contributed by atoms with Crippen molar-refractivity contribution in [3.05, 3.63) is 101 Å². The first-order chi connectivity index (χ1) is 24.4.